The number of rotatable bonds is 5. The van der Waals surface area contributed by atoms with Crippen molar-refractivity contribution in [2.75, 3.05) is 18.1 Å². The Morgan fingerprint density at radius 3 is 1.82 bits per heavy atom. The van der Waals surface area contributed by atoms with Gasteiger partial charge in [-0.2, -0.15) is 5.90 Å². The van der Waals surface area contributed by atoms with Gasteiger partial charge in [0.1, 0.15) is 9.63 Å². The highest BCUT2D eigenvalue weighted by molar-refractivity contribution is 8.11. The second-order valence-electron chi connectivity index (χ2n) is 2.20. The summed E-state index contributed by atoms with van der Waals surface area (Å²) >= 11 is 0. The molecule has 0 radical (unpaired) electrons. The van der Waals surface area contributed by atoms with Gasteiger partial charge in [-0.05, 0) is 6.92 Å². The maximum absolute atomic E-state index is 11.9. The summed E-state index contributed by atoms with van der Waals surface area (Å²) in [6.07, 6.45) is 0. The van der Waals surface area contributed by atoms with Crippen LogP contribution in [0, 0.1) is 0 Å². The molecular formula is C6H17NO3S. The van der Waals surface area contributed by atoms with E-state index in [2.05, 4.69) is 4.28 Å². The zero-order chi connectivity index (χ0) is 8.98. The minimum atomic E-state index is -3.41. The van der Waals surface area contributed by atoms with Crippen LogP contribution in [0.5, 0.6) is 0 Å². The molecule has 0 aliphatic carbocycles. The molecule has 0 fully saturated rings. The first kappa shape index (κ1) is 11.0. The van der Waals surface area contributed by atoms with E-state index in [4.69, 9.17) is 10.1 Å². The van der Waals surface area contributed by atoms with Gasteiger partial charge in [0.15, 0.2) is 0 Å². The maximum atomic E-state index is 11.9. The summed E-state index contributed by atoms with van der Waals surface area (Å²) in [5.41, 5.74) is 0. The minimum Gasteiger partial charge on any atom is -0.291 e. The van der Waals surface area contributed by atoms with Crippen LogP contribution in [0.2, 0.25) is 0 Å². The lowest BCUT2D eigenvalue weighted by Gasteiger charge is -2.36. The predicted molar refractivity (Wildman–Crippen MR) is 46.1 cm³/mol. The Bertz CT molecular complexity index is 159. The van der Waals surface area contributed by atoms with Crippen molar-refractivity contribution >= 4 is 9.63 Å². The van der Waals surface area contributed by atoms with E-state index in [-0.39, 0.29) is 0 Å². The van der Waals surface area contributed by atoms with E-state index in [1.54, 1.807) is 20.8 Å². The minimum absolute atomic E-state index is 0.304. The summed E-state index contributed by atoms with van der Waals surface area (Å²) in [5, 5.41) is 0. The first-order chi connectivity index (χ1) is 5.04. The summed E-state index contributed by atoms with van der Waals surface area (Å²) in [6, 6.07) is 0. The van der Waals surface area contributed by atoms with Gasteiger partial charge in [-0.15, -0.1) is 0 Å². The van der Waals surface area contributed by atoms with E-state index >= 15 is 0 Å². The summed E-state index contributed by atoms with van der Waals surface area (Å²) in [5.74, 6) is 5.57. The van der Waals surface area contributed by atoms with E-state index < -0.39 is 9.63 Å². The van der Waals surface area contributed by atoms with Gasteiger partial charge in [-0.1, -0.05) is 13.8 Å². The third-order valence-electron chi connectivity index (χ3n) is 1.71. The molecule has 0 heterocycles. The van der Waals surface area contributed by atoms with Gasteiger partial charge in [0.05, 0.1) is 6.61 Å². The molecule has 70 valence electrons. The van der Waals surface area contributed by atoms with E-state index in [1.165, 1.54) is 0 Å². The fraction of sp³-hybridized carbons (Fsp3) is 1.00. The zero-order valence-electron chi connectivity index (χ0n) is 7.33. The Morgan fingerprint density at radius 1 is 1.27 bits per heavy atom. The normalized spacial score (nSPS) is 15.8. The third kappa shape index (κ3) is 2.23. The Morgan fingerprint density at radius 2 is 1.73 bits per heavy atom. The Balaban J connectivity index is 4.60. The highest BCUT2D eigenvalue weighted by Gasteiger charge is 2.33. The van der Waals surface area contributed by atoms with Crippen molar-refractivity contribution in [3.63, 3.8) is 0 Å². The van der Waals surface area contributed by atoms with Crippen molar-refractivity contribution < 1.29 is 12.7 Å². The lowest BCUT2D eigenvalue weighted by molar-refractivity contribution is 0.224. The number of nitrogens with two attached hydrogens (primary N) is 1. The van der Waals surface area contributed by atoms with Gasteiger partial charge in [0.25, 0.3) is 0 Å². The lowest BCUT2D eigenvalue weighted by Crippen LogP contribution is -2.45. The van der Waals surface area contributed by atoms with E-state index in [0.29, 0.717) is 18.1 Å². The maximum Gasteiger partial charge on any atom is 0.103 e. The van der Waals surface area contributed by atoms with Crippen LogP contribution >= 0.6 is 0 Å². The second kappa shape index (κ2) is 3.62. The predicted octanol–water partition coefficient (Wildman–Crippen LogP) is 0.603. The third-order valence-corrected chi connectivity index (χ3v) is 5.13. The molecule has 0 aliphatic rings. The molecule has 0 spiro atoms. The van der Waals surface area contributed by atoms with Crippen molar-refractivity contribution in [3.8, 4) is 0 Å². The van der Waals surface area contributed by atoms with Gasteiger partial charge in [-0.25, -0.2) is 8.49 Å². The molecule has 0 aliphatic heterocycles. The summed E-state index contributed by atoms with van der Waals surface area (Å²) < 4.78 is 21.5. The zero-order valence-corrected chi connectivity index (χ0v) is 8.15. The monoisotopic (exact) mass is 183 g/mol. The molecule has 0 saturated heterocycles. The highest BCUT2D eigenvalue weighted by atomic mass is 32.3. The summed E-state index contributed by atoms with van der Waals surface area (Å²) in [4.78, 5) is 0. The first-order valence-electron chi connectivity index (χ1n) is 3.72. The summed E-state index contributed by atoms with van der Waals surface area (Å²) in [7, 11) is -3.41. The Labute approximate surface area is 67.8 Å². The van der Waals surface area contributed by atoms with Gasteiger partial charge in [0.2, 0.25) is 0 Å². The molecule has 0 rings (SSSR count). The standard InChI is InChI=1S/C6H17NO3S/c1-4-9-11(8,5-2,6-3)10-7/h4-7H2,1-3H3. The fourth-order valence-corrected chi connectivity index (χ4v) is 2.39. The molecule has 0 aromatic heterocycles. The second-order valence-corrected chi connectivity index (χ2v) is 6.01. The van der Waals surface area contributed by atoms with Crippen LogP contribution in [0.4, 0.5) is 0 Å². The average molecular weight is 183 g/mol. The van der Waals surface area contributed by atoms with Crippen molar-refractivity contribution in [2.45, 2.75) is 20.8 Å². The fourth-order valence-electron chi connectivity index (χ4n) is 0.798. The molecule has 11 heavy (non-hydrogen) atoms. The van der Waals surface area contributed by atoms with Crippen LogP contribution in [-0.4, -0.2) is 22.3 Å². The highest BCUT2D eigenvalue weighted by Crippen LogP contribution is 2.25. The van der Waals surface area contributed by atoms with Gasteiger partial charge in [0, 0.05) is 11.5 Å². The van der Waals surface area contributed by atoms with Crippen LogP contribution in [-0.2, 0) is 18.1 Å². The Kier molecular flexibility index (Phi) is 3.63. The molecule has 0 atom stereocenters. The quantitative estimate of drug-likeness (QED) is 0.634. The molecule has 0 amide bonds. The molecule has 5 heteroatoms. The van der Waals surface area contributed by atoms with Gasteiger partial charge >= 0.3 is 0 Å². The smallest absolute Gasteiger partial charge is 0.103 e. The van der Waals surface area contributed by atoms with Gasteiger partial charge in [-0.3, -0.25) is 4.18 Å². The largest absolute Gasteiger partial charge is 0.291 e. The van der Waals surface area contributed by atoms with Gasteiger partial charge < -0.3 is 0 Å². The van der Waals surface area contributed by atoms with Crippen molar-refractivity contribution in [3.05, 3.63) is 0 Å². The Hall–Kier alpha value is 0.0300. The van der Waals surface area contributed by atoms with Crippen LogP contribution < -0.4 is 5.90 Å². The summed E-state index contributed by atoms with van der Waals surface area (Å²) in [6.45, 7) is 5.59. The first-order valence-corrected chi connectivity index (χ1v) is 5.88. The van der Waals surface area contributed by atoms with Crippen LogP contribution in [0.1, 0.15) is 20.8 Å². The molecule has 2 N–H and O–H groups in total. The molecule has 0 unspecified atom stereocenters. The SMILES string of the molecule is CCOS(=O)(CC)(CC)ON. The van der Waals surface area contributed by atoms with Crippen LogP contribution in [0.3, 0.4) is 0 Å². The average Bonchev–Trinajstić information content (AvgIpc) is 2.06. The van der Waals surface area contributed by atoms with E-state index in [9.17, 15) is 4.21 Å². The molecule has 0 aromatic carbocycles. The molecule has 4 nitrogen and oxygen atoms in total. The van der Waals surface area contributed by atoms with E-state index in [0.717, 1.165) is 0 Å². The van der Waals surface area contributed by atoms with Crippen LogP contribution in [0.15, 0.2) is 0 Å². The number of hydrogen-bond acceptors (Lipinski definition) is 4. The topological polar surface area (TPSA) is 61.5 Å². The molecule has 0 saturated carbocycles. The van der Waals surface area contributed by atoms with Crippen LogP contribution in [0.25, 0.3) is 0 Å². The van der Waals surface area contributed by atoms with Crippen molar-refractivity contribution in [1.82, 2.24) is 0 Å². The molecule has 0 aromatic rings. The van der Waals surface area contributed by atoms with Crippen molar-refractivity contribution in [1.29, 1.82) is 0 Å². The lowest BCUT2D eigenvalue weighted by atomic mass is 10.9. The molecular weight excluding hydrogens is 166 g/mol. The number of hydrogen-bond donors (Lipinski definition) is 1. The van der Waals surface area contributed by atoms with Crippen molar-refractivity contribution in [2.24, 2.45) is 5.90 Å². The molecule has 0 bridgehead atoms. The van der Waals surface area contributed by atoms with E-state index in [1.807, 2.05) is 0 Å².